The number of aryl methyl sites for hydroxylation is 1. The minimum absolute atomic E-state index is 0.106. The van der Waals surface area contributed by atoms with Gasteiger partial charge < -0.3 is 15.0 Å². The molecule has 0 bridgehead atoms. The number of carbonyl (C=O) groups excluding carboxylic acids is 2. The molecule has 2 N–H and O–H groups in total. The molecule has 0 spiro atoms. The van der Waals surface area contributed by atoms with E-state index >= 15 is 0 Å². The summed E-state index contributed by atoms with van der Waals surface area (Å²) in [6.45, 7) is 1.49. The summed E-state index contributed by atoms with van der Waals surface area (Å²) < 4.78 is 1.93. The first-order chi connectivity index (χ1) is 15.7. The lowest BCUT2D eigenvalue weighted by Crippen LogP contribution is -2.23. The Morgan fingerprint density at radius 1 is 1.30 bits per heavy atom. The van der Waals surface area contributed by atoms with Crippen molar-refractivity contribution < 1.29 is 19.5 Å². The molecule has 1 saturated carbocycles. The fourth-order valence-corrected chi connectivity index (χ4v) is 5.74. The molecule has 1 aliphatic carbocycles. The number of hydrogen-bond acceptors (Lipinski definition) is 5. The van der Waals surface area contributed by atoms with Crippen LogP contribution in [0.1, 0.15) is 66.6 Å². The number of carboxylic acids is 1. The number of amides is 1. The van der Waals surface area contributed by atoms with Gasteiger partial charge in [-0.1, -0.05) is 37.3 Å². The molecule has 1 aliphatic rings. The Bertz CT molecular complexity index is 1230. The van der Waals surface area contributed by atoms with Crippen molar-refractivity contribution >= 4 is 56.6 Å². The van der Waals surface area contributed by atoms with E-state index in [0.29, 0.717) is 33.8 Å². The number of halogens is 1. The van der Waals surface area contributed by atoms with E-state index < -0.39 is 11.9 Å². The van der Waals surface area contributed by atoms with Crippen molar-refractivity contribution in [1.29, 1.82) is 0 Å². The van der Waals surface area contributed by atoms with Gasteiger partial charge in [0.2, 0.25) is 5.91 Å². The van der Waals surface area contributed by atoms with Gasteiger partial charge in [0, 0.05) is 35.1 Å². The molecule has 174 valence electrons. The standard InChI is InChI=1S/C24H26ClN3O4S/c1-13(29)16-10-21-17(9-20(16)25)19(11-28(21)2)18(7-14-5-3-4-6-14)23(32)27-24-26-15(12-33-24)8-22(30)31/h9-12,14,18H,3-8H2,1-2H3,(H,30,31)(H,26,27,32). The van der Waals surface area contributed by atoms with Crippen LogP contribution in [0.5, 0.6) is 0 Å². The Kier molecular flexibility index (Phi) is 6.86. The number of aromatic nitrogens is 2. The van der Waals surface area contributed by atoms with Gasteiger partial charge in [-0.2, -0.15) is 0 Å². The van der Waals surface area contributed by atoms with Crippen LogP contribution in [0, 0.1) is 5.92 Å². The number of nitrogens with one attached hydrogen (secondary N) is 1. The van der Waals surface area contributed by atoms with Crippen molar-refractivity contribution in [2.45, 2.75) is 51.4 Å². The lowest BCUT2D eigenvalue weighted by Gasteiger charge is -2.19. The van der Waals surface area contributed by atoms with Crippen LogP contribution in [0.4, 0.5) is 5.13 Å². The highest BCUT2D eigenvalue weighted by molar-refractivity contribution is 7.13. The monoisotopic (exact) mass is 487 g/mol. The van der Waals surface area contributed by atoms with Crippen LogP contribution in [-0.2, 0) is 23.1 Å². The number of anilines is 1. The second-order valence-electron chi connectivity index (χ2n) is 8.74. The van der Waals surface area contributed by atoms with Gasteiger partial charge in [-0.05, 0) is 37.0 Å². The molecule has 33 heavy (non-hydrogen) atoms. The maximum absolute atomic E-state index is 13.5. The van der Waals surface area contributed by atoms with Gasteiger partial charge in [-0.3, -0.25) is 14.4 Å². The van der Waals surface area contributed by atoms with Crippen LogP contribution in [0.3, 0.4) is 0 Å². The Balaban J connectivity index is 1.69. The zero-order chi connectivity index (χ0) is 23.7. The molecule has 0 saturated heterocycles. The van der Waals surface area contributed by atoms with Crippen molar-refractivity contribution in [3.8, 4) is 0 Å². The minimum atomic E-state index is -0.963. The van der Waals surface area contributed by atoms with Gasteiger partial charge in [0.1, 0.15) is 0 Å². The highest BCUT2D eigenvalue weighted by atomic mass is 35.5. The smallest absolute Gasteiger partial charge is 0.309 e. The van der Waals surface area contributed by atoms with Crippen LogP contribution in [-0.4, -0.2) is 32.3 Å². The molecule has 0 radical (unpaired) electrons. The Morgan fingerprint density at radius 3 is 2.70 bits per heavy atom. The maximum Gasteiger partial charge on any atom is 0.309 e. The number of ketones is 1. The van der Waals surface area contributed by atoms with E-state index in [4.69, 9.17) is 16.7 Å². The van der Waals surface area contributed by atoms with Gasteiger partial charge in [-0.15, -0.1) is 11.3 Å². The molecule has 0 aliphatic heterocycles. The van der Waals surface area contributed by atoms with Crippen molar-refractivity contribution in [3.05, 3.63) is 45.6 Å². The molecule has 2 aromatic heterocycles. The van der Waals surface area contributed by atoms with Gasteiger partial charge in [0.25, 0.3) is 0 Å². The summed E-state index contributed by atoms with van der Waals surface area (Å²) in [5.74, 6) is -1.19. The average molecular weight is 488 g/mol. The number of aliphatic carboxylic acids is 1. The van der Waals surface area contributed by atoms with Gasteiger partial charge in [-0.25, -0.2) is 4.98 Å². The average Bonchev–Trinajstić information content (AvgIpc) is 3.47. The number of thiazole rings is 1. The Labute approximate surface area is 200 Å². The fraction of sp³-hybridized carbons (Fsp3) is 0.417. The third kappa shape index (κ3) is 5.12. The van der Waals surface area contributed by atoms with Gasteiger partial charge >= 0.3 is 5.97 Å². The molecule has 1 atom stereocenters. The van der Waals surface area contributed by atoms with E-state index in [0.717, 1.165) is 29.3 Å². The fourth-order valence-electron chi connectivity index (χ4n) is 4.73. The van der Waals surface area contributed by atoms with Crippen LogP contribution >= 0.6 is 22.9 Å². The number of nitrogens with zero attached hydrogens (tertiary/aromatic N) is 2. The zero-order valence-corrected chi connectivity index (χ0v) is 20.1. The molecular formula is C24H26ClN3O4S. The topological polar surface area (TPSA) is 101 Å². The van der Waals surface area contributed by atoms with Crippen LogP contribution in [0.15, 0.2) is 23.7 Å². The molecule has 1 amide bonds. The van der Waals surface area contributed by atoms with E-state index in [-0.39, 0.29) is 18.1 Å². The predicted molar refractivity (Wildman–Crippen MR) is 129 cm³/mol. The van der Waals surface area contributed by atoms with Crippen molar-refractivity contribution in [1.82, 2.24) is 9.55 Å². The van der Waals surface area contributed by atoms with Crippen molar-refractivity contribution in [2.75, 3.05) is 5.32 Å². The Hall–Kier alpha value is -2.71. The molecular weight excluding hydrogens is 462 g/mol. The normalized spacial score (nSPS) is 15.1. The summed E-state index contributed by atoms with van der Waals surface area (Å²) in [6, 6.07) is 3.57. The van der Waals surface area contributed by atoms with Gasteiger partial charge in [0.15, 0.2) is 10.9 Å². The number of Topliss-reactive ketones (excluding diaryl/α,β-unsaturated/α-hetero) is 1. The molecule has 1 aromatic carbocycles. The number of carbonyl (C=O) groups is 3. The summed E-state index contributed by atoms with van der Waals surface area (Å²) in [6.07, 6.45) is 7.03. The highest BCUT2D eigenvalue weighted by Gasteiger charge is 2.30. The van der Waals surface area contributed by atoms with E-state index in [1.807, 2.05) is 17.8 Å². The van der Waals surface area contributed by atoms with Gasteiger partial charge in [0.05, 0.1) is 23.1 Å². The molecule has 7 nitrogen and oxygen atoms in total. The van der Waals surface area contributed by atoms with Crippen molar-refractivity contribution in [3.63, 3.8) is 0 Å². The molecule has 1 unspecified atom stereocenters. The first-order valence-electron chi connectivity index (χ1n) is 11.0. The first kappa shape index (κ1) is 23.4. The third-order valence-corrected chi connectivity index (χ3v) is 7.46. The second-order valence-corrected chi connectivity index (χ2v) is 10.0. The molecule has 2 heterocycles. The maximum atomic E-state index is 13.5. The van der Waals surface area contributed by atoms with Crippen LogP contribution in [0.2, 0.25) is 5.02 Å². The number of hydrogen-bond donors (Lipinski definition) is 2. The lowest BCUT2D eigenvalue weighted by atomic mass is 9.87. The highest BCUT2D eigenvalue weighted by Crippen LogP contribution is 2.39. The molecule has 4 rings (SSSR count). The Morgan fingerprint density at radius 2 is 2.03 bits per heavy atom. The molecule has 9 heteroatoms. The van der Waals surface area contributed by atoms with Crippen LogP contribution in [0.25, 0.3) is 10.9 Å². The number of carboxylic acid groups (broad SMARTS) is 1. The van der Waals surface area contributed by atoms with Crippen LogP contribution < -0.4 is 5.32 Å². The SMILES string of the molecule is CC(=O)c1cc2c(cc1Cl)c(C(CC1CCCC1)C(=O)Nc1nc(CC(=O)O)cs1)cn2C. The quantitative estimate of drug-likeness (QED) is 0.413. The zero-order valence-electron chi connectivity index (χ0n) is 18.6. The molecule has 1 fully saturated rings. The number of fused-ring (bicyclic) bond motifs is 1. The summed E-state index contributed by atoms with van der Waals surface area (Å²) in [4.78, 5) is 40.7. The van der Waals surface area contributed by atoms with E-state index in [1.165, 1.54) is 31.1 Å². The van der Waals surface area contributed by atoms with E-state index in [9.17, 15) is 14.4 Å². The largest absolute Gasteiger partial charge is 0.481 e. The second kappa shape index (κ2) is 9.65. The summed E-state index contributed by atoms with van der Waals surface area (Å²) in [5, 5.41) is 15.2. The number of benzene rings is 1. The van der Waals surface area contributed by atoms with Crippen molar-refractivity contribution in [2.24, 2.45) is 13.0 Å². The van der Waals surface area contributed by atoms with E-state index in [2.05, 4.69) is 10.3 Å². The number of rotatable bonds is 8. The predicted octanol–water partition coefficient (Wildman–Crippen LogP) is 5.42. The minimum Gasteiger partial charge on any atom is -0.481 e. The first-order valence-corrected chi connectivity index (χ1v) is 12.2. The van der Waals surface area contributed by atoms with E-state index in [1.54, 1.807) is 17.5 Å². The summed E-state index contributed by atoms with van der Waals surface area (Å²) >= 11 is 7.64. The molecule has 3 aromatic rings. The third-order valence-electron chi connectivity index (χ3n) is 6.34. The summed E-state index contributed by atoms with van der Waals surface area (Å²) in [7, 11) is 1.90. The lowest BCUT2D eigenvalue weighted by molar-refractivity contribution is -0.136. The summed E-state index contributed by atoms with van der Waals surface area (Å²) in [5.41, 5.74) is 2.60.